The van der Waals surface area contributed by atoms with Crippen molar-refractivity contribution in [1.82, 2.24) is 20.5 Å². The van der Waals surface area contributed by atoms with Crippen molar-refractivity contribution in [2.75, 3.05) is 57.8 Å². The third-order valence-electron chi connectivity index (χ3n) is 5.52. The first-order valence-electron chi connectivity index (χ1n) is 10.9. The number of benzene rings is 1. The highest BCUT2D eigenvalue weighted by molar-refractivity contribution is 7.80. The molecular formula is C23H32N6OS. The maximum absolute atomic E-state index is 9.49. The molecule has 1 saturated heterocycles. The number of morpholine rings is 1. The number of fused-ring (bicyclic) bond motifs is 1. The van der Waals surface area contributed by atoms with E-state index in [1.165, 1.54) is 11.1 Å². The van der Waals surface area contributed by atoms with Gasteiger partial charge in [0.05, 0.1) is 24.3 Å². The number of nitrogens with zero attached hydrogens (tertiary/aromatic N) is 3. The van der Waals surface area contributed by atoms with Crippen LogP contribution in [-0.2, 0) is 4.74 Å². The van der Waals surface area contributed by atoms with E-state index in [-0.39, 0.29) is 0 Å². The van der Waals surface area contributed by atoms with Crippen molar-refractivity contribution in [3.05, 3.63) is 34.9 Å². The van der Waals surface area contributed by atoms with Crippen LogP contribution >= 0.6 is 12.2 Å². The molecule has 1 fully saturated rings. The molecule has 1 aromatic carbocycles. The fourth-order valence-electron chi connectivity index (χ4n) is 3.55. The Kier molecular flexibility index (Phi) is 8.83. The Morgan fingerprint density at radius 3 is 2.55 bits per heavy atom. The highest BCUT2D eigenvalue weighted by Gasteiger charge is 2.10. The van der Waals surface area contributed by atoms with Crippen LogP contribution in [0.3, 0.4) is 0 Å². The van der Waals surface area contributed by atoms with Crippen LogP contribution in [0, 0.1) is 25.2 Å². The number of ether oxygens (including phenoxy) is 1. The Labute approximate surface area is 190 Å². The first kappa shape index (κ1) is 23.2. The summed E-state index contributed by atoms with van der Waals surface area (Å²) in [5.74, 6) is 0.641. The van der Waals surface area contributed by atoms with Crippen LogP contribution in [0.1, 0.15) is 29.5 Å². The maximum atomic E-state index is 9.49. The highest BCUT2D eigenvalue weighted by atomic mass is 32.1. The zero-order chi connectivity index (χ0) is 22.1. The Bertz CT molecular complexity index is 936. The molecule has 2 heterocycles. The molecular weight excluding hydrogens is 408 g/mol. The Hall–Kier alpha value is -2.47. The minimum absolute atomic E-state index is 0.571. The summed E-state index contributed by atoms with van der Waals surface area (Å²) in [5, 5.41) is 21.0. The predicted molar refractivity (Wildman–Crippen MR) is 130 cm³/mol. The number of nitrogens with one attached hydrogen (secondary N) is 3. The van der Waals surface area contributed by atoms with Crippen molar-refractivity contribution in [3.63, 3.8) is 0 Å². The number of pyridine rings is 1. The average Bonchev–Trinajstić information content (AvgIpc) is 2.77. The molecule has 1 aromatic heterocycles. The molecule has 0 saturated carbocycles. The molecule has 0 bridgehead atoms. The van der Waals surface area contributed by atoms with Crippen molar-refractivity contribution in [3.8, 4) is 6.07 Å². The van der Waals surface area contributed by atoms with Crippen LogP contribution < -0.4 is 16.0 Å². The van der Waals surface area contributed by atoms with Gasteiger partial charge >= 0.3 is 0 Å². The fourth-order valence-corrected chi connectivity index (χ4v) is 3.75. The molecule has 0 radical (unpaired) electrons. The Morgan fingerprint density at radius 1 is 1.10 bits per heavy atom. The molecule has 3 N–H and O–H groups in total. The second-order valence-corrected chi connectivity index (χ2v) is 8.30. The van der Waals surface area contributed by atoms with E-state index >= 15 is 0 Å². The zero-order valence-electron chi connectivity index (χ0n) is 18.5. The standard InChI is InChI=1S/C23H32N6OS/c1-17-13-19-15-20(16-24)22(28-21(19)14-18(17)2)25-5-3-6-26-23(31)27-7-4-8-29-9-11-30-12-10-29/h13-15H,3-12H2,1-2H3,(H,25,28)(H2,26,27,31). The molecule has 166 valence electrons. The largest absolute Gasteiger partial charge is 0.379 e. The Morgan fingerprint density at radius 2 is 1.81 bits per heavy atom. The van der Waals surface area contributed by atoms with E-state index in [1.54, 1.807) is 0 Å². The summed E-state index contributed by atoms with van der Waals surface area (Å²) >= 11 is 5.35. The van der Waals surface area contributed by atoms with E-state index < -0.39 is 0 Å². The topological polar surface area (TPSA) is 85.2 Å². The summed E-state index contributed by atoms with van der Waals surface area (Å²) in [5.41, 5.74) is 3.88. The van der Waals surface area contributed by atoms with E-state index in [0.717, 1.165) is 69.7 Å². The molecule has 0 amide bonds. The number of aromatic nitrogens is 1. The van der Waals surface area contributed by atoms with Gasteiger partial charge in [0, 0.05) is 38.1 Å². The summed E-state index contributed by atoms with van der Waals surface area (Å²) in [7, 11) is 0. The number of thiocarbonyl (C=S) groups is 1. The number of anilines is 1. The number of hydrogen-bond donors (Lipinski definition) is 3. The molecule has 7 nitrogen and oxygen atoms in total. The summed E-state index contributed by atoms with van der Waals surface area (Å²) in [6, 6.07) is 8.32. The summed E-state index contributed by atoms with van der Waals surface area (Å²) in [4.78, 5) is 7.09. The van der Waals surface area contributed by atoms with Crippen LogP contribution in [0.2, 0.25) is 0 Å². The summed E-state index contributed by atoms with van der Waals surface area (Å²) in [6.07, 6.45) is 1.93. The SMILES string of the molecule is Cc1cc2cc(C#N)c(NCCCNC(=S)NCCCN3CCOCC3)nc2cc1C. The van der Waals surface area contributed by atoms with Crippen LogP contribution in [-0.4, -0.2) is 67.5 Å². The van der Waals surface area contributed by atoms with Gasteiger partial charge in [-0.3, -0.25) is 4.90 Å². The van der Waals surface area contributed by atoms with Gasteiger partial charge in [0.2, 0.25) is 0 Å². The fraction of sp³-hybridized carbons (Fsp3) is 0.522. The number of aryl methyl sites for hydroxylation is 2. The molecule has 3 rings (SSSR count). The smallest absolute Gasteiger partial charge is 0.166 e. The molecule has 0 aliphatic carbocycles. The van der Waals surface area contributed by atoms with E-state index in [0.29, 0.717) is 23.0 Å². The van der Waals surface area contributed by atoms with E-state index in [2.05, 4.69) is 57.9 Å². The van der Waals surface area contributed by atoms with E-state index in [9.17, 15) is 5.26 Å². The normalized spacial score (nSPS) is 14.2. The zero-order valence-corrected chi connectivity index (χ0v) is 19.3. The van der Waals surface area contributed by atoms with Crippen molar-refractivity contribution in [1.29, 1.82) is 5.26 Å². The number of hydrogen-bond acceptors (Lipinski definition) is 6. The van der Waals surface area contributed by atoms with Crippen LogP contribution in [0.4, 0.5) is 5.82 Å². The predicted octanol–water partition coefficient (Wildman–Crippen LogP) is 2.71. The van der Waals surface area contributed by atoms with Crippen LogP contribution in [0.15, 0.2) is 18.2 Å². The molecule has 1 aliphatic rings. The molecule has 1 aliphatic heterocycles. The second kappa shape index (κ2) is 11.8. The highest BCUT2D eigenvalue weighted by Crippen LogP contribution is 2.23. The Balaban J connectivity index is 1.35. The third-order valence-corrected chi connectivity index (χ3v) is 5.81. The third kappa shape index (κ3) is 7.03. The molecule has 0 atom stereocenters. The first-order chi connectivity index (χ1) is 15.1. The van der Waals surface area contributed by atoms with Gasteiger partial charge in [-0.05, 0) is 74.8 Å². The minimum atomic E-state index is 0.571. The maximum Gasteiger partial charge on any atom is 0.166 e. The monoisotopic (exact) mass is 440 g/mol. The van der Waals surface area contributed by atoms with Gasteiger partial charge in [-0.15, -0.1) is 0 Å². The van der Waals surface area contributed by atoms with Crippen LogP contribution in [0.5, 0.6) is 0 Å². The van der Waals surface area contributed by atoms with Crippen molar-refractivity contribution >= 4 is 34.1 Å². The van der Waals surface area contributed by atoms with Gasteiger partial charge in [-0.1, -0.05) is 0 Å². The lowest BCUT2D eigenvalue weighted by molar-refractivity contribution is 0.0376. The van der Waals surface area contributed by atoms with Gasteiger partial charge in [-0.25, -0.2) is 4.98 Å². The van der Waals surface area contributed by atoms with Gasteiger partial charge in [0.25, 0.3) is 0 Å². The quantitative estimate of drug-likeness (QED) is 0.405. The van der Waals surface area contributed by atoms with Gasteiger partial charge in [0.1, 0.15) is 11.9 Å². The molecule has 8 heteroatoms. The lowest BCUT2D eigenvalue weighted by atomic mass is 10.0. The number of nitriles is 1. The first-order valence-corrected chi connectivity index (χ1v) is 11.4. The summed E-state index contributed by atoms with van der Waals surface area (Å²) < 4.78 is 5.36. The lowest BCUT2D eigenvalue weighted by Gasteiger charge is -2.26. The minimum Gasteiger partial charge on any atom is -0.379 e. The summed E-state index contributed by atoms with van der Waals surface area (Å²) in [6.45, 7) is 11.3. The van der Waals surface area contributed by atoms with Gasteiger partial charge in [-0.2, -0.15) is 5.26 Å². The van der Waals surface area contributed by atoms with E-state index in [4.69, 9.17) is 17.0 Å². The van der Waals surface area contributed by atoms with Crippen molar-refractivity contribution in [2.24, 2.45) is 0 Å². The van der Waals surface area contributed by atoms with Gasteiger partial charge < -0.3 is 20.7 Å². The molecule has 2 aromatic rings. The van der Waals surface area contributed by atoms with Gasteiger partial charge in [0.15, 0.2) is 5.11 Å². The van der Waals surface area contributed by atoms with Crippen LogP contribution in [0.25, 0.3) is 10.9 Å². The van der Waals surface area contributed by atoms with Crippen molar-refractivity contribution in [2.45, 2.75) is 26.7 Å². The molecule has 0 spiro atoms. The molecule has 0 unspecified atom stereocenters. The number of rotatable bonds is 9. The molecule has 31 heavy (non-hydrogen) atoms. The second-order valence-electron chi connectivity index (χ2n) is 7.90. The van der Waals surface area contributed by atoms with Crippen molar-refractivity contribution < 1.29 is 4.74 Å². The lowest BCUT2D eigenvalue weighted by Crippen LogP contribution is -2.40. The van der Waals surface area contributed by atoms with E-state index in [1.807, 2.05) is 6.07 Å². The average molecular weight is 441 g/mol.